The maximum atomic E-state index is 6.08. The Bertz CT molecular complexity index is 456. The molecule has 0 aliphatic rings. The maximum absolute atomic E-state index is 6.08. The molecule has 1 aromatic heterocycles. The molecule has 0 bridgehead atoms. The van der Waals surface area contributed by atoms with Crippen molar-refractivity contribution in [2.24, 2.45) is 0 Å². The van der Waals surface area contributed by atoms with Gasteiger partial charge in [0.15, 0.2) is 0 Å². The SMILES string of the molecule is Clc1cc(Br)ccc1COCc1cccs1. The van der Waals surface area contributed by atoms with Crippen molar-refractivity contribution in [1.29, 1.82) is 0 Å². The van der Waals surface area contributed by atoms with Gasteiger partial charge in [0.1, 0.15) is 0 Å². The zero-order chi connectivity index (χ0) is 11.4. The van der Waals surface area contributed by atoms with Crippen LogP contribution in [-0.4, -0.2) is 0 Å². The predicted octanol–water partition coefficient (Wildman–Crippen LogP) is 4.88. The maximum Gasteiger partial charge on any atom is 0.0813 e. The normalized spacial score (nSPS) is 10.6. The summed E-state index contributed by atoms with van der Waals surface area (Å²) in [5.74, 6) is 0. The minimum Gasteiger partial charge on any atom is -0.371 e. The van der Waals surface area contributed by atoms with Gasteiger partial charge in [0.25, 0.3) is 0 Å². The molecule has 0 spiro atoms. The van der Waals surface area contributed by atoms with E-state index < -0.39 is 0 Å². The van der Waals surface area contributed by atoms with Crippen molar-refractivity contribution in [3.05, 3.63) is 55.6 Å². The number of hydrogen-bond acceptors (Lipinski definition) is 2. The summed E-state index contributed by atoms with van der Waals surface area (Å²) in [7, 11) is 0. The first-order valence-electron chi connectivity index (χ1n) is 4.80. The molecule has 0 saturated heterocycles. The molecule has 1 aromatic carbocycles. The number of hydrogen-bond donors (Lipinski definition) is 0. The van der Waals surface area contributed by atoms with Crippen molar-refractivity contribution in [1.82, 2.24) is 0 Å². The van der Waals surface area contributed by atoms with Crippen molar-refractivity contribution in [3.8, 4) is 0 Å². The Labute approximate surface area is 112 Å². The number of rotatable bonds is 4. The average Bonchev–Trinajstić information content (AvgIpc) is 2.74. The summed E-state index contributed by atoms with van der Waals surface area (Å²) in [6.45, 7) is 1.19. The van der Waals surface area contributed by atoms with Crippen molar-refractivity contribution < 1.29 is 4.74 Å². The fraction of sp³-hybridized carbons (Fsp3) is 0.167. The molecule has 2 rings (SSSR count). The highest BCUT2D eigenvalue weighted by Crippen LogP contribution is 2.22. The van der Waals surface area contributed by atoms with Gasteiger partial charge in [0, 0.05) is 14.4 Å². The van der Waals surface area contributed by atoms with Crippen LogP contribution >= 0.6 is 38.9 Å². The Morgan fingerprint density at radius 2 is 2.12 bits per heavy atom. The van der Waals surface area contributed by atoms with E-state index in [0.29, 0.717) is 13.2 Å². The standard InChI is InChI=1S/C12H10BrClOS/c13-10-4-3-9(12(14)6-10)7-15-8-11-2-1-5-16-11/h1-6H,7-8H2. The van der Waals surface area contributed by atoms with Crippen LogP contribution in [-0.2, 0) is 18.0 Å². The van der Waals surface area contributed by atoms with Gasteiger partial charge in [0.05, 0.1) is 13.2 Å². The van der Waals surface area contributed by atoms with E-state index in [1.54, 1.807) is 11.3 Å². The first-order chi connectivity index (χ1) is 7.75. The second kappa shape index (κ2) is 5.82. The second-order valence-electron chi connectivity index (χ2n) is 3.31. The van der Waals surface area contributed by atoms with Crippen molar-refractivity contribution in [3.63, 3.8) is 0 Å². The summed E-state index contributed by atoms with van der Waals surface area (Å²) in [4.78, 5) is 1.23. The number of benzene rings is 1. The van der Waals surface area contributed by atoms with E-state index in [2.05, 4.69) is 22.0 Å². The molecule has 84 valence electrons. The van der Waals surface area contributed by atoms with Gasteiger partial charge < -0.3 is 4.74 Å². The third kappa shape index (κ3) is 3.32. The quantitative estimate of drug-likeness (QED) is 0.781. The van der Waals surface area contributed by atoms with E-state index in [1.165, 1.54) is 4.88 Å². The van der Waals surface area contributed by atoms with Gasteiger partial charge in [-0.05, 0) is 29.1 Å². The minimum atomic E-state index is 0.546. The Hall–Kier alpha value is -0.350. The van der Waals surface area contributed by atoms with Crippen LogP contribution in [0.1, 0.15) is 10.4 Å². The monoisotopic (exact) mass is 316 g/mol. The highest BCUT2D eigenvalue weighted by molar-refractivity contribution is 9.10. The molecule has 16 heavy (non-hydrogen) atoms. The molecular weight excluding hydrogens is 308 g/mol. The largest absolute Gasteiger partial charge is 0.371 e. The molecule has 0 saturated carbocycles. The zero-order valence-corrected chi connectivity index (χ0v) is 11.6. The lowest BCUT2D eigenvalue weighted by atomic mass is 10.2. The lowest BCUT2D eigenvalue weighted by Crippen LogP contribution is -1.93. The molecule has 0 unspecified atom stereocenters. The molecule has 0 fully saturated rings. The predicted molar refractivity (Wildman–Crippen MR) is 72.0 cm³/mol. The average molecular weight is 318 g/mol. The molecule has 0 amide bonds. The van der Waals surface area contributed by atoms with Crippen LogP contribution in [0.25, 0.3) is 0 Å². The summed E-state index contributed by atoms with van der Waals surface area (Å²) in [5, 5.41) is 2.78. The van der Waals surface area contributed by atoms with Gasteiger partial charge in [-0.25, -0.2) is 0 Å². The third-order valence-electron chi connectivity index (χ3n) is 2.10. The summed E-state index contributed by atoms with van der Waals surface area (Å²) < 4.78 is 6.58. The fourth-order valence-electron chi connectivity index (χ4n) is 1.30. The number of halogens is 2. The molecule has 0 N–H and O–H groups in total. The van der Waals surface area contributed by atoms with Crippen molar-refractivity contribution in [2.75, 3.05) is 0 Å². The van der Waals surface area contributed by atoms with Crippen molar-refractivity contribution >= 4 is 38.9 Å². The van der Waals surface area contributed by atoms with Crippen LogP contribution in [0, 0.1) is 0 Å². The summed E-state index contributed by atoms with van der Waals surface area (Å²) in [6, 6.07) is 9.91. The highest BCUT2D eigenvalue weighted by Gasteiger charge is 2.01. The van der Waals surface area contributed by atoms with Crippen LogP contribution in [0.5, 0.6) is 0 Å². The van der Waals surface area contributed by atoms with Gasteiger partial charge in [-0.3, -0.25) is 0 Å². The first-order valence-corrected chi connectivity index (χ1v) is 6.85. The lowest BCUT2D eigenvalue weighted by molar-refractivity contribution is 0.109. The lowest BCUT2D eigenvalue weighted by Gasteiger charge is -2.05. The smallest absolute Gasteiger partial charge is 0.0813 e. The number of ether oxygens (including phenoxy) is 1. The van der Waals surface area contributed by atoms with Crippen LogP contribution in [0.4, 0.5) is 0 Å². The van der Waals surface area contributed by atoms with Gasteiger partial charge in [-0.2, -0.15) is 0 Å². The van der Waals surface area contributed by atoms with Gasteiger partial charge in [0.2, 0.25) is 0 Å². The van der Waals surface area contributed by atoms with Crippen LogP contribution < -0.4 is 0 Å². The van der Waals surface area contributed by atoms with Crippen LogP contribution in [0.3, 0.4) is 0 Å². The third-order valence-corrected chi connectivity index (χ3v) is 3.79. The van der Waals surface area contributed by atoms with E-state index in [4.69, 9.17) is 16.3 Å². The molecule has 4 heteroatoms. The Kier molecular flexibility index (Phi) is 4.41. The number of thiophene rings is 1. The molecule has 0 radical (unpaired) electrons. The second-order valence-corrected chi connectivity index (χ2v) is 5.66. The Morgan fingerprint density at radius 3 is 2.81 bits per heavy atom. The molecule has 0 atom stereocenters. The Balaban J connectivity index is 1.90. The Morgan fingerprint density at radius 1 is 1.25 bits per heavy atom. The van der Waals surface area contributed by atoms with Gasteiger partial charge in [-0.15, -0.1) is 11.3 Å². The van der Waals surface area contributed by atoms with Gasteiger partial charge >= 0.3 is 0 Å². The van der Waals surface area contributed by atoms with Crippen molar-refractivity contribution in [2.45, 2.75) is 13.2 Å². The highest BCUT2D eigenvalue weighted by atomic mass is 79.9. The van der Waals surface area contributed by atoms with E-state index in [0.717, 1.165) is 15.1 Å². The fourth-order valence-corrected chi connectivity index (χ4v) is 2.66. The summed E-state index contributed by atoms with van der Waals surface area (Å²) >= 11 is 11.2. The first kappa shape index (κ1) is 12.1. The molecule has 1 nitrogen and oxygen atoms in total. The molecule has 2 aromatic rings. The summed E-state index contributed by atoms with van der Waals surface area (Å²) in [6.07, 6.45) is 0. The van der Waals surface area contributed by atoms with E-state index >= 15 is 0 Å². The molecular formula is C12H10BrClOS. The summed E-state index contributed by atoms with van der Waals surface area (Å²) in [5.41, 5.74) is 1.02. The van der Waals surface area contributed by atoms with Crippen LogP contribution in [0.15, 0.2) is 40.2 Å². The minimum absolute atomic E-state index is 0.546. The van der Waals surface area contributed by atoms with E-state index in [-0.39, 0.29) is 0 Å². The molecule has 1 heterocycles. The van der Waals surface area contributed by atoms with E-state index in [1.807, 2.05) is 29.6 Å². The molecule has 0 aliphatic carbocycles. The van der Waals surface area contributed by atoms with E-state index in [9.17, 15) is 0 Å². The zero-order valence-electron chi connectivity index (χ0n) is 8.45. The van der Waals surface area contributed by atoms with Gasteiger partial charge in [-0.1, -0.05) is 39.7 Å². The topological polar surface area (TPSA) is 9.23 Å². The van der Waals surface area contributed by atoms with Crippen LogP contribution in [0.2, 0.25) is 5.02 Å². The molecule has 0 aliphatic heterocycles.